The highest BCUT2D eigenvalue weighted by Gasteiger charge is 2.48. The molecule has 0 bridgehead atoms. The van der Waals surface area contributed by atoms with Crippen molar-refractivity contribution in [3.63, 3.8) is 0 Å². The summed E-state index contributed by atoms with van der Waals surface area (Å²) in [6, 6.07) is 11.8. The second kappa shape index (κ2) is 6.20. The van der Waals surface area contributed by atoms with Crippen molar-refractivity contribution < 1.29 is 9.53 Å². The number of carbonyl (C=O) groups excluding carboxylic acids is 1. The Morgan fingerprint density at radius 2 is 2.04 bits per heavy atom. The largest absolute Gasteiger partial charge is 0.458 e. The standard InChI is InChI=1S/C19H20N4O2/c1-14-3-5-16(6-4-14)23-12-8-15(22-23)13-25-18(24)19(9-2-10-19)17-7-11-20-21-17/h3-8,11-12H,2,9-10,13H2,1H3,(H,20,21). The van der Waals surface area contributed by atoms with Crippen LogP contribution < -0.4 is 0 Å². The van der Waals surface area contributed by atoms with Gasteiger partial charge >= 0.3 is 5.97 Å². The molecule has 1 N–H and O–H groups in total. The number of nitrogens with zero attached hydrogens (tertiary/aromatic N) is 3. The lowest BCUT2D eigenvalue weighted by molar-refractivity contribution is -0.156. The molecular formula is C19H20N4O2. The van der Waals surface area contributed by atoms with Crippen LogP contribution in [0.1, 0.15) is 36.2 Å². The van der Waals surface area contributed by atoms with Crippen LogP contribution in [0.3, 0.4) is 0 Å². The predicted molar refractivity (Wildman–Crippen MR) is 92.2 cm³/mol. The lowest BCUT2D eigenvalue weighted by atomic mass is 9.66. The molecule has 0 spiro atoms. The van der Waals surface area contributed by atoms with Gasteiger partial charge in [0.25, 0.3) is 0 Å². The van der Waals surface area contributed by atoms with E-state index in [1.54, 1.807) is 10.9 Å². The highest BCUT2D eigenvalue weighted by atomic mass is 16.5. The molecule has 0 atom stereocenters. The molecule has 2 heterocycles. The van der Waals surface area contributed by atoms with Crippen LogP contribution in [0, 0.1) is 6.92 Å². The van der Waals surface area contributed by atoms with Gasteiger partial charge in [-0.15, -0.1) is 0 Å². The van der Waals surface area contributed by atoms with Crippen molar-refractivity contribution in [2.75, 3.05) is 0 Å². The van der Waals surface area contributed by atoms with Gasteiger partial charge in [-0.25, -0.2) is 4.68 Å². The van der Waals surface area contributed by atoms with Crippen LogP contribution in [0.15, 0.2) is 48.8 Å². The molecule has 1 fully saturated rings. The van der Waals surface area contributed by atoms with E-state index in [0.717, 1.165) is 36.3 Å². The van der Waals surface area contributed by atoms with Crippen LogP contribution in [0.25, 0.3) is 5.69 Å². The third-order valence-corrected chi connectivity index (χ3v) is 4.91. The van der Waals surface area contributed by atoms with Crippen LogP contribution >= 0.6 is 0 Å². The van der Waals surface area contributed by atoms with Gasteiger partial charge in [-0.1, -0.05) is 24.1 Å². The van der Waals surface area contributed by atoms with Gasteiger partial charge in [0.05, 0.1) is 11.4 Å². The van der Waals surface area contributed by atoms with E-state index in [1.165, 1.54) is 5.56 Å². The fourth-order valence-corrected chi connectivity index (χ4v) is 3.19. The summed E-state index contributed by atoms with van der Waals surface area (Å²) in [6.07, 6.45) is 6.17. The number of aryl methyl sites for hydroxylation is 1. The number of hydrogen-bond acceptors (Lipinski definition) is 4. The van der Waals surface area contributed by atoms with Crippen LogP contribution in [-0.4, -0.2) is 25.9 Å². The Balaban J connectivity index is 1.43. The number of aromatic nitrogens is 4. The zero-order valence-electron chi connectivity index (χ0n) is 14.1. The summed E-state index contributed by atoms with van der Waals surface area (Å²) in [5, 5.41) is 11.4. The van der Waals surface area contributed by atoms with Crippen molar-refractivity contribution in [2.45, 2.75) is 38.2 Å². The summed E-state index contributed by atoms with van der Waals surface area (Å²) in [5.74, 6) is -0.201. The average molecular weight is 336 g/mol. The van der Waals surface area contributed by atoms with E-state index < -0.39 is 5.41 Å². The molecule has 1 saturated carbocycles. The Labute approximate surface area is 145 Å². The second-order valence-corrected chi connectivity index (χ2v) is 6.57. The monoisotopic (exact) mass is 336 g/mol. The van der Waals surface area contributed by atoms with Gasteiger partial charge in [0, 0.05) is 12.4 Å². The minimum atomic E-state index is -0.560. The molecule has 6 heteroatoms. The molecule has 6 nitrogen and oxygen atoms in total. The molecule has 3 aromatic rings. The van der Waals surface area contributed by atoms with E-state index >= 15 is 0 Å². The fraction of sp³-hybridized carbons (Fsp3) is 0.316. The van der Waals surface area contributed by atoms with E-state index in [-0.39, 0.29) is 12.6 Å². The Morgan fingerprint density at radius 3 is 2.68 bits per heavy atom. The molecule has 25 heavy (non-hydrogen) atoms. The Morgan fingerprint density at radius 1 is 1.24 bits per heavy atom. The first-order chi connectivity index (χ1) is 12.2. The molecule has 0 unspecified atom stereocenters. The van der Waals surface area contributed by atoms with Gasteiger partial charge < -0.3 is 4.74 Å². The van der Waals surface area contributed by atoms with Gasteiger partial charge in [0.15, 0.2) is 0 Å². The molecule has 1 aliphatic carbocycles. The van der Waals surface area contributed by atoms with E-state index in [0.29, 0.717) is 0 Å². The number of rotatable bonds is 5. The van der Waals surface area contributed by atoms with Crippen LogP contribution in [0.2, 0.25) is 0 Å². The molecule has 2 aromatic heterocycles. The first-order valence-electron chi connectivity index (χ1n) is 8.46. The lowest BCUT2D eigenvalue weighted by Crippen LogP contribution is -2.44. The summed E-state index contributed by atoms with van der Waals surface area (Å²) in [5.41, 5.74) is 3.20. The summed E-state index contributed by atoms with van der Waals surface area (Å²) in [7, 11) is 0. The molecule has 0 saturated heterocycles. The lowest BCUT2D eigenvalue weighted by Gasteiger charge is -2.37. The number of nitrogens with one attached hydrogen (secondary N) is 1. The molecular weight excluding hydrogens is 316 g/mol. The highest BCUT2D eigenvalue weighted by molar-refractivity contribution is 5.83. The first kappa shape index (κ1) is 15.6. The molecule has 1 aromatic carbocycles. The molecule has 1 aliphatic rings. The maximum absolute atomic E-state index is 12.6. The van der Waals surface area contributed by atoms with Gasteiger partial charge in [0.1, 0.15) is 17.7 Å². The Kier molecular flexibility index (Phi) is 3.87. The minimum absolute atomic E-state index is 0.174. The number of benzene rings is 1. The fourth-order valence-electron chi connectivity index (χ4n) is 3.19. The molecule has 0 aliphatic heterocycles. The number of carbonyl (C=O) groups is 1. The van der Waals surface area contributed by atoms with Crippen molar-refractivity contribution in [3.05, 3.63) is 65.7 Å². The summed E-state index contributed by atoms with van der Waals surface area (Å²) >= 11 is 0. The quantitative estimate of drug-likeness (QED) is 0.727. The normalized spacial score (nSPS) is 15.6. The first-order valence-corrected chi connectivity index (χ1v) is 8.46. The van der Waals surface area contributed by atoms with Crippen LogP contribution in [0.4, 0.5) is 0 Å². The SMILES string of the molecule is Cc1ccc(-n2ccc(COC(=O)C3(c4ccn[nH]4)CCC3)n2)cc1. The second-order valence-electron chi connectivity index (χ2n) is 6.57. The van der Waals surface area contributed by atoms with Crippen molar-refractivity contribution in [3.8, 4) is 5.69 Å². The molecule has 0 radical (unpaired) electrons. The van der Waals surface area contributed by atoms with E-state index in [4.69, 9.17) is 4.74 Å². The Hall–Kier alpha value is -2.89. The van der Waals surface area contributed by atoms with E-state index in [2.05, 4.69) is 15.3 Å². The summed E-state index contributed by atoms with van der Waals surface area (Å²) in [4.78, 5) is 12.6. The molecule has 4 rings (SSSR count). The zero-order chi connectivity index (χ0) is 17.3. The van der Waals surface area contributed by atoms with Crippen LogP contribution in [0.5, 0.6) is 0 Å². The average Bonchev–Trinajstić information content (AvgIpc) is 3.25. The van der Waals surface area contributed by atoms with Crippen molar-refractivity contribution in [2.24, 2.45) is 0 Å². The maximum Gasteiger partial charge on any atom is 0.318 e. The van der Waals surface area contributed by atoms with Crippen LogP contribution in [-0.2, 0) is 21.6 Å². The minimum Gasteiger partial charge on any atom is -0.458 e. The smallest absolute Gasteiger partial charge is 0.318 e. The number of aromatic amines is 1. The Bertz CT molecular complexity index is 861. The van der Waals surface area contributed by atoms with Gasteiger partial charge in [-0.3, -0.25) is 9.89 Å². The van der Waals surface area contributed by atoms with Gasteiger partial charge in [0.2, 0.25) is 0 Å². The zero-order valence-corrected chi connectivity index (χ0v) is 14.1. The van der Waals surface area contributed by atoms with Crippen molar-refractivity contribution in [1.29, 1.82) is 0 Å². The van der Waals surface area contributed by atoms with E-state index in [9.17, 15) is 4.79 Å². The summed E-state index contributed by atoms with van der Waals surface area (Å²) in [6.45, 7) is 2.22. The topological polar surface area (TPSA) is 72.8 Å². The third-order valence-electron chi connectivity index (χ3n) is 4.91. The highest BCUT2D eigenvalue weighted by Crippen LogP contribution is 2.43. The molecule has 128 valence electrons. The third kappa shape index (κ3) is 2.84. The van der Waals surface area contributed by atoms with E-state index in [1.807, 2.05) is 49.5 Å². The maximum atomic E-state index is 12.6. The number of ether oxygens (including phenoxy) is 1. The van der Waals surface area contributed by atoms with Crippen molar-refractivity contribution in [1.82, 2.24) is 20.0 Å². The van der Waals surface area contributed by atoms with Gasteiger partial charge in [-0.05, 0) is 44.0 Å². The number of H-pyrrole nitrogens is 1. The van der Waals surface area contributed by atoms with Crippen molar-refractivity contribution >= 4 is 5.97 Å². The number of esters is 1. The summed E-state index contributed by atoms with van der Waals surface area (Å²) < 4.78 is 7.35. The number of hydrogen-bond donors (Lipinski definition) is 1. The predicted octanol–water partition coefficient (Wildman–Crippen LogP) is 3.07. The molecule has 0 amide bonds. The van der Waals surface area contributed by atoms with Gasteiger partial charge in [-0.2, -0.15) is 10.2 Å².